The number of aromatic nitrogens is 4. The van der Waals surface area contributed by atoms with Crippen LogP contribution in [0.15, 0.2) is 85.7 Å². The second-order valence-electron chi connectivity index (χ2n) is 6.13. The van der Waals surface area contributed by atoms with Crippen molar-refractivity contribution in [1.82, 2.24) is 19.9 Å². The molecule has 5 aromatic rings. The molecule has 0 N–H and O–H groups in total. The number of benzene rings is 1. The first kappa shape index (κ1) is 14.7. The molecule has 0 atom stereocenters. The standard InChI is InChI=1S/C22H14N4/c1-2-18-12-20(16-5-9-24-10-6-16)14-26-22(18)21-17(1)11-19(13-25-21)15-3-7-23-8-4-15/h1-14H. The minimum atomic E-state index is 0.918. The van der Waals surface area contributed by atoms with Crippen molar-refractivity contribution in [2.24, 2.45) is 0 Å². The largest absolute Gasteiger partial charge is 0.265 e. The molecule has 0 bridgehead atoms. The molecule has 0 aliphatic carbocycles. The molecule has 4 aromatic heterocycles. The van der Waals surface area contributed by atoms with E-state index in [-0.39, 0.29) is 0 Å². The summed E-state index contributed by atoms with van der Waals surface area (Å²) in [4.78, 5) is 17.5. The van der Waals surface area contributed by atoms with Crippen molar-refractivity contribution in [3.8, 4) is 22.3 Å². The van der Waals surface area contributed by atoms with Crippen molar-refractivity contribution in [1.29, 1.82) is 0 Å². The summed E-state index contributed by atoms with van der Waals surface area (Å²) in [7, 11) is 0. The molecule has 0 aliphatic heterocycles. The van der Waals surface area contributed by atoms with Gasteiger partial charge in [-0.05, 0) is 47.5 Å². The third kappa shape index (κ3) is 2.48. The van der Waals surface area contributed by atoms with Gasteiger partial charge in [-0.25, -0.2) is 0 Å². The molecule has 0 spiro atoms. The van der Waals surface area contributed by atoms with Crippen LogP contribution in [0.5, 0.6) is 0 Å². The van der Waals surface area contributed by atoms with Crippen molar-refractivity contribution in [2.45, 2.75) is 0 Å². The Hall–Kier alpha value is -3.66. The lowest BCUT2D eigenvalue weighted by atomic mass is 10.0. The van der Waals surface area contributed by atoms with Crippen LogP contribution in [-0.4, -0.2) is 19.9 Å². The molecular weight excluding hydrogens is 320 g/mol. The molecule has 0 aliphatic rings. The molecule has 0 radical (unpaired) electrons. The quantitative estimate of drug-likeness (QED) is 0.431. The molecule has 122 valence electrons. The van der Waals surface area contributed by atoms with Crippen LogP contribution in [0.1, 0.15) is 0 Å². The van der Waals surface area contributed by atoms with Gasteiger partial charge in [-0.15, -0.1) is 0 Å². The summed E-state index contributed by atoms with van der Waals surface area (Å²) in [6.45, 7) is 0. The molecular formula is C22H14N4. The van der Waals surface area contributed by atoms with Crippen LogP contribution in [0.2, 0.25) is 0 Å². The number of fused-ring (bicyclic) bond motifs is 3. The number of nitrogens with zero attached hydrogens (tertiary/aromatic N) is 4. The Bertz CT molecular complexity index is 1120. The number of pyridine rings is 4. The van der Waals surface area contributed by atoms with Gasteiger partial charge in [0, 0.05) is 59.1 Å². The van der Waals surface area contributed by atoms with E-state index in [1.165, 1.54) is 0 Å². The van der Waals surface area contributed by atoms with E-state index in [0.29, 0.717) is 0 Å². The molecule has 4 nitrogen and oxygen atoms in total. The zero-order valence-electron chi connectivity index (χ0n) is 13.9. The van der Waals surface area contributed by atoms with Gasteiger partial charge in [0.15, 0.2) is 0 Å². The summed E-state index contributed by atoms with van der Waals surface area (Å²) in [6.07, 6.45) is 11.0. The summed E-state index contributed by atoms with van der Waals surface area (Å²) < 4.78 is 0. The van der Waals surface area contributed by atoms with Gasteiger partial charge >= 0.3 is 0 Å². The predicted molar refractivity (Wildman–Crippen MR) is 104 cm³/mol. The van der Waals surface area contributed by atoms with E-state index in [1.54, 1.807) is 24.8 Å². The van der Waals surface area contributed by atoms with Gasteiger partial charge in [-0.2, -0.15) is 0 Å². The topological polar surface area (TPSA) is 51.6 Å². The van der Waals surface area contributed by atoms with E-state index < -0.39 is 0 Å². The number of hydrogen-bond donors (Lipinski definition) is 0. The Kier molecular flexibility index (Phi) is 3.39. The molecule has 26 heavy (non-hydrogen) atoms. The van der Waals surface area contributed by atoms with Crippen LogP contribution in [0.3, 0.4) is 0 Å². The van der Waals surface area contributed by atoms with Gasteiger partial charge in [0.2, 0.25) is 0 Å². The van der Waals surface area contributed by atoms with E-state index in [2.05, 4.69) is 34.2 Å². The predicted octanol–water partition coefficient (Wildman–Crippen LogP) is 4.91. The first-order chi connectivity index (χ1) is 12.9. The Morgan fingerprint density at radius 1 is 0.462 bits per heavy atom. The van der Waals surface area contributed by atoms with Crippen molar-refractivity contribution >= 4 is 21.8 Å². The lowest BCUT2D eigenvalue weighted by Gasteiger charge is -2.07. The molecule has 0 fully saturated rings. The smallest absolute Gasteiger partial charge is 0.0965 e. The molecule has 4 heterocycles. The van der Waals surface area contributed by atoms with Crippen LogP contribution >= 0.6 is 0 Å². The van der Waals surface area contributed by atoms with E-state index in [0.717, 1.165) is 44.1 Å². The van der Waals surface area contributed by atoms with Crippen molar-refractivity contribution in [3.63, 3.8) is 0 Å². The van der Waals surface area contributed by atoms with Crippen LogP contribution < -0.4 is 0 Å². The molecule has 0 amide bonds. The maximum atomic E-state index is 4.70. The van der Waals surface area contributed by atoms with Crippen LogP contribution in [-0.2, 0) is 0 Å². The summed E-state index contributed by atoms with van der Waals surface area (Å²) in [5.74, 6) is 0. The van der Waals surface area contributed by atoms with E-state index >= 15 is 0 Å². The van der Waals surface area contributed by atoms with Crippen LogP contribution in [0.25, 0.3) is 44.1 Å². The second kappa shape index (κ2) is 6.01. The molecule has 0 unspecified atom stereocenters. The molecule has 5 rings (SSSR count). The van der Waals surface area contributed by atoms with Gasteiger partial charge in [0.25, 0.3) is 0 Å². The van der Waals surface area contributed by atoms with Gasteiger partial charge in [0.1, 0.15) is 0 Å². The summed E-state index contributed by atoms with van der Waals surface area (Å²) in [6, 6.07) is 16.5. The maximum Gasteiger partial charge on any atom is 0.0965 e. The SMILES string of the molecule is c1cc(-c2cnc3c(ccc4cc(-c5ccncc5)cnc43)c2)ccn1. The summed E-state index contributed by atoms with van der Waals surface area (Å²) in [5, 5.41) is 2.16. The Morgan fingerprint density at radius 2 is 0.885 bits per heavy atom. The molecule has 0 saturated heterocycles. The van der Waals surface area contributed by atoms with Crippen molar-refractivity contribution < 1.29 is 0 Å². The fourth-order valence-electron chi connectivity index (χ4n) is 3.20. The summed E-state index contributed by atoms with van der Waals surface area (Å²) >= 11 is 0. The third-order valence-corrected chi connectivity index (χ3v) is 4.53. The minimum Gasteiger partial charge on any atom is -0.265 e. The van der Waals surface area contributed by atoms with Gasteiger partial charge < -0.3 is 0 Å². The number of rotatable bonds is 2. The Balaban J connectivity index is 1.66. The fraction of sp³-hybridized carbons (Fsp3) is 0. The highest BCUT2D eigenvalue weighted by molar-refractivity contribution is 6.04. The summed E-state index contributed by atoms with van der Waals surface area (Å²) in [5.41, 5.74) is 6.20. The second-order valence-corrected chi connectivity index (χ2v) is 6.13. The zero-order chi connectivity index (χ0) is 17.3. The molecule has 0 saturated carbocycles. The van der Waals surface area contributed by atoms with Gasteiger partial charge in [0.05, 0.1) is 11.0 Å². The lowest BCUT2D eigenvalue weighted by molar-refractivity contribution is 1.32. The van der Waals surface area contributed by atoms with Gasteiger partial charge in [-0.1, -0.05) is 12.1 Å². The minimum absolute atomic E-state index is 0.918. The zero-order valence-corrected chi connectivity index (χ0v) is 13.9. The van der Waals surface area contributed by atoms with Crippen molar-refractivity contribution in [2.75, 3.05) is 0 Å². The Morgan fingerprint density at radius 3 is 1.31 bits per heavy atom. The average molecular weight is 334 g/mol. The highest BCUT2D eigenvalue weighted by Crippen LogP contribution is 2.29. The first-order valence-electron chi connectivity index (χ1n) is 8.38. The lowest BCUT2D eigenvalue weighted by Crippen LogP contribution is -1.89. The molecule has 4 heteroatoms. The monoisotopic (exact) mass is 334 g/mol. The molecule has 1 aromatic carbocycles. The van der Waals surface area contributed by atoms with Crippen LogP contribution in [0, 0.1) is 0 Å². The van der Waals surface area contributed by atoms with E-state index in [1.807, 2.05) is 36.7 Å². The van der Waals surface area contributed by atoms with Gasteiger partial charge in [-0.3, -0.25) is 19.9 Å². The average Bonchev–Trinajstić information content (AvgIpc) is 2.74. The van der Waals surface area contributed by atoms with E-state index in [4.69, 9.17) is 9.97 Å². The first-order valence-corrected chi connectivity index (χ1v) is 8.38. The van der Waals surface area contributed by atoms with Crippen LogP contribution in [0.4, 0.5) is 0 Å². The highest BCUT2D eigenvalue weighted by Gasteiger charge is 2.07. The Labute approximate surface area is 150 Å². The number of hydrogen-bond acceptors (Lipinski definition) is 4. The van der Waals surface area contributed by atoms with E-state index in [9.17, 15) is 0 Å². The third-order valence-electron chi connectivity index (χ3n) is 4.53. The maximum absolute atomic E-state index is 4.70. The highest BCUT2D eigenvalue weighted by atomic mass is 14.7. The fourth-order valence-corrected chi connectivity index (χ4v) is 3.20. The normalized spacial score (nSPS) is 11.1. The van der Waals surface area contributed by atoms with Crippen molar-refractivity contribution in [3.05, 3.63) is 85.7 Å².